The fourth-order valence-electron chi connectivity index (χ4n) is 9.90. The minimum atomic E-state index is 1.20. The molecule has 0 fully saturated rings. The molecule has 12 rings (SSSR count). The van der Waals surface area contributed by atoms with Gasteiger partial charge in [0.05, 0.1) is 0 Å². The van der Waals surface area contributed by atoms with E-state index in [1.807, 2.05) is 0 Å². The van der Waals surface area contributed by atoms with Crippen molar-refractivity contribution in [2.75, 3.05) is 0 Å². The number of hydrogen-bond donors (Lipinski definition) is 0. The van der Waals surface area contributed by atoms with Gasteiger partial charge in [-0.05, 0) is 145 Å². The lowest BCUT2D eigenvalue weighted by molar-refractivity contribution is 1.60. The largest absolute Gasteiger partial charge is 0.0616 e. The number of hydrogen-bond acceptors (Lipinski definition) is 0. The quantitative estimate of drug-likeness (QED) is 0.153. The predicted octanol–water partition coefficient (Wildman–Crippen LogP) is 16.9. The maximum Gasteiger partial charge on any atom is -0.00262 e. The van der Waals surface area contributed by atoms with Crippen LogP contribution in [0.1, 0.15) is 0 Å². The van der Waals surface area contributed by atoms with Gasteiger partial charge in [0.2, 0.25) is 0 Å². The van der Waals surface area contributed by atoms with Gasteiger partial charge in [-0.3, -0.25) is 0 Å². The molecule has 0 heteroatoms. The summed E-state index contributed by atoms with van der Waals surface area (Å²) in [5, 5.41) is 15.1. The van der Waals surface area contributed by atoms with Crippen LogP contribution >= 0.6 is 0 Å². The highest BCUT2D eigenvalue weighted by molar-refractivity contribution is 6.23. The average Bonchev–Trinajstić information content (AvgIpc) is 3.32. The van der Waals surface area contributed by atoms with E-state index >= 15 is 0 Å². The van der Waals surface area contributed by atoms with Crippen molar-refractivity contribution >= 4 is 64.6 Å². The molecule has 0 radical (unpaired) electrons. The molecule has 278 valence electrons. The van der Waals surface area contributed by atoms with Crippen molar-refractivity contribution in [1.82, 2.24) is 0 Å². The molecule has 0 aliphatic carbocycles. The zero-order chi connectivity index (χ0) is 39.6. The lowest BCUT2D eigenvalue weighted by Crippen LogP contribution is -1.92. The summed E-state index contributed by atoms with van der Waals surface area (Å²) in [6.07, 6.45) is 0. The summed E-state index contributed by atoms with van der Waals surface area (Å²) in [7, 11) is 0. The Morgan fingerprint density at radius 1 is 0.150 bits per heavy atom. The van der Waals surface area contributed by atoms with Gasteiger partial charge in [0.1, 0.15) is 0 Å². The molecule has 0 aliphatic heterocycles. The van der Waals surface area contributed by atoms with Gasteiger partial charge in [0, 0.05) is 0 Å². The predicted molar refractivity (Wildman–Crippen MR) is 259 cm³/mol. The number of benzene rings is 12. The second-order valence-corrected chi connectivity index (χ2v) is 16.0. The minimum absolute atomic E-state index is 1.20. The van der Waals surface area contributed by atoms with Crippen LogP contribution in [0, 0.1) is 0 Å². The van der Waals surface area contributed by atoms with E-state index in [1.165, 1.54) is 120 Å². The van der Waals surface area contributed by atoms with E-state index in [9.17, 15) is 0 Å². The van der Waals surface area contributed by atoms with Crippen molar-refractivity contribution in [3.63, 3.8) is 0 Å². The third-order valence-electron chi connectivity index (χ3n) is 12.6. The Hall–Kier alpha value is -7.80. The van der Waals surface area contributed by atoms with Gasteiger partial charge in [0.25, 0.3) is 0 Å². The molecule has 0 saturated carbocycles. The molecule has 0 nitrogen and oxygen atoms in total. The Morgan fingerprint density at radius 3 is 0.717 bits per heavy atom. The van der Waals surface area contributed by atoms with Crippen LogP contribution in [0.3, 0.4) is 0 Å². The summed E-state index contributed by atoms with van der Waals surface area (Å²) in [6, 6.07) is 85.2. The summed E-state index contributed by atoms with van der Waals surface area (Å²) in [4.78, 5) is 0. The van der Waals surface area contributed by atoms with E-state index in [-0.39, 0.29) is 0 Å². The van der Waals surface area contributed by atoms with Crippen LogP contribution in [0.25, 0.3) is 120 Å². The van der Waals surface area contributed by atoms with E-state index < -0.39 is 0 Å². The molecule has 12 aromatic rings. The summed E-state index contributed by atoms with van der Waals surface area (Å²) in [5.74, 6) is 0. The first kappa shape index (κ1) is 34.3. The normalized spacial score (nSPS) is 11.7. The van der Waals surface area contributed by atoms with Gasteiger partial charge in [0.15, 0.2) is 0 Å². The van der Waals surface area contributed by atoms with Gasteiger partial charge in [-0.1, -0.05) is 206 Å². The molecule has 0 aromatic heterocycles. The highest BCUT2D eigenvalue weighted by atomic mass is 14.2. The fourth-order valence-corrected chi connectivity index (χ4v) is 9.90. The van der Waals surface area contributed by atoms with Crippen molar-refractivity contribution in [2.45, 2.75) is 0 Å². The maximum atomic E-state index is 2.39. The Labute approximate surface area is 349 Å². The molecule has 0 unspecified atom stereocenters. The van der Waals surface area contributed by atoms with E-state index in [0.717, 1.165) is 0 Å². The molecule has 0 heterocycles. The van der Waals surface area contributed by atoms with E-state index in [1.54, 1.807) is 0 Å². The SMILES string of the molecule is c1cc(-c2cccc(-c3c4ccccc4c(-c4ccc5ccccc5c4)c4ccccc34)c2)cc(-c2c3ccccc3c(-c3ccc4ccccc4c3)c3ccccc23)c1. The molecule has 0 atom stereocenters. The highest BCUT2D eigenvalue weighted by Gasteiger charge is 2.19. The van der Waals surface area contributed by atoms with Crippen molar-refractivity contribution in [1.29, 1.82) is 0 Å². The maximum absolute atomic E-state index is 2.39. The summed E-state index contributed by atoms with van der Waals surface area (Å²) < 4.78 is 0. The van der Waals surface area contributed by atoms with E-state index in [0.29, 0.717) is 0 Å². The number of fused-ring (bicyclic) bond motifs is 6. The molecule has 12 aromatic carbocycles. The molecule has 0 saturated heterocycles. The summed E-state index contributed by atoms with van der Waals surface area (Å²) >= 11 is 0. The van der Waals surface area contributed by atoms with Crippen LogP contribution in [0.15, 0.2) is 231 Å². The van der Waals surface area contributed by atoms with Gasteiger partial charge < -0.3 is 0 Å². The first-order valence-corrected chi connectivity index (χ1v) is 20.8. The fraction of sp³-hybridized carbons (Fsp3) is 0. The Kier molecular flexibility index (Phi) is 7.96. The van der Waals surface area contributed by atoms with Crippen LogP contribution in [0.4, 0.5) is 0 Å². The number of rotatable bonds is 5. The molecule has 60 heavy (non-hydrogen) atoms. The summed E-state index contributed by atoms with van der Waals surface area (Å²) in [6.45, 7) is 0. The Balaban J connectivity index is 1.03. The average molecular weight is 759 g/mol. The smallest absolute Gasteiger partial charge is 0.00262 e. The third-order valence-corrected chi connectivity index (χ3v) is 12.6. The van der Waals surface area contributed by atoms with Crippen LogP contribution in [-0.4, -0.2) is 0 Å². The summed E-state index contributed by atoms with van der Waals surface area (Å²) in [5.41, 5.74) is 12.4. The van der Waals surface area contributed by atoms with Crippen molar-refractivity contribution < 1.29 is 0 Å². The second kappa shape index (κ2) is 13.9. The second-order valence-electron chi connectivity index (χ2n) is 16.0. The van der Waals surface area contributed by atoms with E-state index in [4.69, 9.17) is 0 Å². The molecule has 0 amide bonds. The minimum Gasteiger partial charge on any atom is -0.0616 e. The molecular weight excluding hydrogens is 721 g/mol. The molecule has 0 spiro atoms. The molecule has 0 N–H and O–H groups in total. The Bertz CT molecular complexity index is 3300. The van der Waals surface area contributed by atoms with Gasteiger partial charge in [-0.2, -0.15) is 0 Å². The van der Waals surface area contributed by atoms with Crippen LogP contribution in [0.5, 0.6) is 0 Å². The lowest BCUT2D eigenvalue weighted by Gasteiger charge is -2.19. The van der Waals surface area contributed by atoms with Crippen LogP contribution in [-0.2, 0) is 0 Å². The molecule has 0 aliphatic rings. The van der Waals surface area contributed by atoms with Gasteiger partial charge in [-0.25, -0.2) is 0 Å². The first-order chi connectivity index (χ1) is 29.8. The standard InChI is InChI=1S/C60H38/c1-3-17-41-35-47(33-31-39(41)15-1)59-53-27-9-5-23-49(53)57(50-24-6-10-28-54(50)59)45-21-13-19-43(37-45)44-20-14-22-46(38-44)58-51-25-7-11-29-55(51)60(56-30-12-8-26-52(56)58)48-34-32-40-16-2-4-18-42(40)36-48/h1-38H. The molecular formula is C60H38. The Morgan fingerprint density at radius 2 is 0.400 bits per heavy atom. The third kappa shape index (κ3) is 5.53. The lowest BCUT2D eigenvalue weighted by atomic mass is 9.84. The van der Waals surface area contributed by atoms with Crippen molar-refractivity contribution in [3.05, 3.63) is 231 Å². The van der Waals surface area contributed by atoms with Crippen molar-refractivity contribution in [3.8, 4) is 55.6 Å². The van der Waals surface area contributed by atoms with Crippen molar-refractivity contribution in [2.24, 2.45) is 0 Å². The van der Waals surface area contributed by atoms with Crippen LogP contribution in [0.2, 0.25) is 0 Å². The zero-order valence-corrected chi connectivity index (χ0v) is 32.9. The van der Waals surface area contributed by atoms with Gasteiger partial charge in [-0.15, -0.1) is 0 Å². The van der Waals surface area contributed by atoms with Crippen LogP contribution < -0.4 is 0 Å². The zero-order valence-electron chi connectivity index (χ0n) is 32.9. The highest BCUT2D eigenvalue weighted by Crippen LogP contribution is 2.47. The topological polar surface area (TPSA) is 0 Å². The first-order valence-electron chi connectivity index (χ1n) is 20.8. The monoisotopic (exact) mass is 758 g/mol. The van der Waals surface area contributed by atoms with Gasteiger partial charge >= 0.3 is 0 Å². The molecule has 0 bridgehead atoms. The van der Waals surface area contributed by atoms with E-state index in [2.05, 4.69) is 231 Å².